The van der Waals surface area contributed by atoms with Gasteiger partial charge in [-0.1, -0.05) is 15.9 Å². The van der Waals surface area contributed by atoms with Gasteiger partial charge in [0.1, 0.15) is 16.5 Å². The van der Waals surface area contributed by atoms with E-state index >= 15 is 0 Å². The predicted octanol–water partition coefficient (Wildman–Crippen LogP) is 2.04. The van der Waals surface area contributed by atoms with E-state index in [0.29, 0.717) is 13.2 Å². The van der Waals surface area contributed by atoms with Crippen molar-refractivity contribution in [2.75, 3.05) is 11.9 Å². The van der Waals surface area contributed by atoms with E-state index in [9.17, 15) is 8.42 Å². The molecule has 1 aromatic heterocycles. The molecule has 0 radical (unpaired) electrons. The Kier molecular flexibility index (Phi) is 4.07. The SMILES string of the molecule is NS(=O)(=O)c1cccnc1NCc1cc(Br)cc2c1OCC2. The van der Waals surface area contributed by atoms with E-state index in [1.165, 1.54) is 18.3 Å². The number of fused-ring (bicyclic) bond motifs is 1. The number of hydrogen-bond donors (Lipinski definition) is 2. The molecule has 22 heavy (non-hydrogen) atoms. The van der Waals surface area contributed by atoms with Gasteiger partial charge in [0, 0.05) is 29.2 Å². The number of anilines is 1. The Morgan fingerprint density at radius 2 is 2.23 bits per heavy atom. The topological polar surface area (TPSA) is 94.3 Å². The molecule has 2 aromatic rings. The molecule has 0 saturated carbocycles. The molecule has 0 unspecified atom stereocenters. The van der Waals surface area contributed by atoms with Gasteiger partial charge in [-0.25, -0.2) is 18.5 Å². The summed E-state index contributed by atoms with van der Waals surface area (Å²) < 4.78 is 29.7. The van der Waals surface area contributed by atoms with Crippen molar-refractivity contribution in [3.63, 3.8) is 0 Å². The first-order chi connectivity index (χ1) is 10.4. The summed E-state index contributed by atoms with van der Waals surface area (Å²) >= 11 is 3.47. The van der Waals surface area contributed by atoms with Crippen molar-refractivity contribution < 1.29 is 13.2 Å². The quantitative estimate of drug-likeness (QED) is 0.842. The average molecular weight is 384 g/mol. The molecule has 0 aliphatic carbocycles. The largest absolute Gasteiger partial charge is 0.493 e. The molecule has 8 heteroatoms. The van der Waals surface area contributed by atoms with Crippen LogP contribution in [0.2, 0.25) is 0 Å². The van der Waals surface area contributed by atoms with Crippen molar-refractivity contribution in [1.82, 2.24) is 4.98 Å². The zero-order valence-corrected chi connectivity index (χ0v) is 13.9. The first-order valence-corrected chi connectivity index (χ1v) is 8.95. The summed E-state index contributed by atoms with van der Waals surface area (Å²) in [4.78, 5) is 4.03. The van der Waals surface area contributed by atoms with Crippen LogP contribution in [0.3, 0.4) is 0 Å². The van der Waals surface area contributed by atoms with Crippen molar-refractivity contribution in [2.24, 2.45) is 5.14 Å². The summed E-state index contributed by atoms with van der Waals surface area (Å²) in [5.74, 6) is 1.08. The molecule has 1 aliphatic rings. The Hall–Kier alpha value is -1.64. The lowest BCUT2D eigenvalue weighted by molar-refractivity contribution is 0.354. The number of nitrogens with two attached hydrogens (primary N) is 1. The average Bonchev–Trinajstić information content (AvgIpc) is 2.92. The molecule has 3 N–H and O–H groups in total. The molecular weight excluding hydrogens is 370 g/mol. The number of nitrogens with zero attached hydrogens (tertiary/aromatic N) is 1. The third-order valence-corrected chi connectivity index (χ3v) is 4.75. The van der Waals surface area contributed by atoms with E-state index in [1.54, 1.807) is 0 Å². The summed E-state index contributed by atoms with van der Waals surface area (Å²) in [6.45, 7) is 1.05. The highest BCUT2D eigenvalue weighted by atomic mass is 79.9. The molecule has 0 atom stereocenters. The first-order valence-electron chi connectivity index (χ1n) is 6.61. The molecule has 0 amide bonds. The fraction of sp³-hybridized carbons (Fsp3) is 0.214. The lowest BCUT2D eigenvalue weighted by Crippen LogP contribution is -2.16. The summed E-state index contributed by atoms with van der Waals surface area (Å²) in [6, 6.07) is 6.93. The van der Waals surface area contributed by atoms with E-state index < -0.39 is 10.0 Å². The summed E-state index contributed by atoms with van der Waals surface area (Å²) in [5, 5.41) is 8.22. The highest BCUT2D eigenvalue weighted by molar-refractivity contribution is 9.10. The Labute approximate surface area is 136 Å². The number of aromatic nitrogens is 1. The van der Waals surface area contributed by atoms with E-state index in [1.807, 2.05) is 12.1 Å². The van der Waals surface area contributed by atoms with Crippen LogP contribution in [0.15, 0.2) is 39.8 Å². The lowest BCUT2D eigenvalue weighted by Gasteiger charge is -2.12. The maximum atomic E-state index is 11.6. The second kappa shape index (κ2) is 5.86. The highest BCUT2D eigenvalue weighted by Gasteiger charge is 2.19. The second-order valence-electron chi connectivity index (χ2n) is 4.90. The van der Waals surface area contributed by atoms with Gasteiger partial charge in [-0.3, -0.25) is 0 Å². The molecule has 0 spiro atoms. The number of halogens is 1. The van der Waals surface area contributed by atoms with E-state index in [4.69, 9.17) is 9.88 Å². The van der Waals surface area contributed by atoms with Crippen LogP contribution in [0.1, 0.15) is 11.1 Å². The molecule has 116 valence electrons. The van der Waals surface area contributed by atoms with Gasteiger partial charge in [0.25, 0.3) is 0 Å². The molecule has 0 saturated heterocycles. The summed E-state index contributed by atoms with van der Waals surface area (Å²) in [6.07, 6.45) is 2.38. The van der Waals surface area contributed by atoms with Crippen LogP contribution in [0.5, 0.6) is 5.75 Å². The van der Waals surface area contributed by atoms with Gasteiger partial charge in [0.2, 0.25) is 10.0 Å². The van der Waals surface area contributed by atoms with E-state index in [2.05, 4.69) is 26.2 Å². The molecule has 2 heterocycles. The molecule has 1 aliphatic heterocycles. The van der Waals surface area contributed by atoms with Gasteiger partial charge in [0.15, 0.2) is 0 Å². The fourth-order valence-electron chi connectivity index (χ4n) is 2.41. The van der Waals surface area contributed by atoms with Crippen molar-refractivity contribution in [1.29, 1.82) is 0 Å². The number of sulfonamides is 1. The van der Waals surface area contributed by atoms with Crippen LogP contribution in [-0.4, -0.2) is 20.0 Å². The van der Waals surface area contributed by atoms with Crippen LogP contribution >= 0.6 is 15.9 Å². The number of benzene rings is 1. The summed E-state index contributed by atoms with van der Waals surface area (Å²) in [5.41, 5.74) is 2.08. The molecule has 0 fully saturated rings. The van der Waals surface area contributed by atoms with Crippen molar-refractivity contribution in [3.05, 3.63) is 46.1 Å². The van der Waals surface area contributed by atoms with Crippen LogP contribution in [0, 0.1) is 0 Å². The molecular formula is C14H14BrN3O3S. The Morgan fingerprint density at radius 1 is 1.41 bits per heavy atom. The minimum Gasteiger partial charge on any atom is -0.493 e. The maximum absolute atomic E-state index is 11.6. The number of rotatable bonds is 4. The van der Waals surface area contributed by atoms with E-state index in [0.717, 1.165) is 27.8 Å². The summed E-state index contributed by atoms with van der Waals surface area (Å²) in [7, 11) is -3.82. The predicted molar refractivity (Wildman–Crippen MR) is 86.3 cm³/mol. The normalized spacial score (nSPS) is 13.5. The number of ether oxygens (including phenoxy) is 1. The minimum absolute atomic E-state index is 0.0254. The standard InChI is InChI=1S/C14H14BrN3O3S/c15-11-6-9-3-5-21-13(9)10(7-11)8-18-14-12(22(16,19)20)2-1-4-17-14/h1-2,4,6-7H,3,5,8H2,(H,17,18)(H2,16,19,20). The maximum Gasteiger partial charge on any atom is 0.241 e. The number of pyridine rings is 1. The molecule has 3 rings (SSSR count). The van der Waals surface area contributed by atoms with Gasteiger partial charge in [0.05, 0.1) is 6.61 Å². The molecule has 0 bridgehead atoms. The van der Waals surface area contributed by atoms with Gasteiger partial charge in [-0.05, 0) is 29.8 Å². The highest BCUT2D eigenvalue weighted by Crippen LogP contribution is 2.33. The number of nitrogens with one attached hydrogen (secondary N) is 1. The van der Waals surface area contributed by atoms with Gasteiger partial charge < -0.3 is 10.1 Å². The van der Waals surface area contributed by atoms with Crippen LogP contribution in [0.25, 0.3) is 0 Å². The van der Waals surface area contributed by atoms with Gasteiger partial charge >= 0.3 is 0 Å². The van der Waals surface area contributed by atoms with Crippen LogP contribution in [0.4, 0.5) is 5.82 Å². The van der Waals surface area contributed by atoms with Crippen molar-refractivity contribution in [3.8, 4) is 5.75 Å². The third kappa shape index (κ3) is 3.08. The van der Waals surface area contributed by atoms with Crippen LogP contribution < -0.4 is 15.2 Å². The monoisotopic (exact) mass is 383 g/mol. The minimum atomic E-state index is -3.82. The number of primary sulfonamides is 1. The van der Waals surface area contributed by atoms with E-state index in [-0.39, 0.29) is 10.7 Å². The smallest absolute Gasteiger partial charge is 0.241 e. The Morgan fingerprint density at radius 3 is 3.00 bits per heavy atom. The Bertz CT molecular complexity index is 824. The first kappa shape index (κ1) is 15.3. The second-order valence-corrected chi connectivity index (χ2v) is 7.35. The zero-order valence-electron chi connectivity index (χ0n) is 11.5. The molecule has 1 aromatic carbocycles. The fourth-order valence-corrected chi connectivity index (χ4v) is 3.62. The van der Waals surface area contributed by atoms with Gasteiger partial charge in [-0.15, -0.1) is 0 Å². The van der Waals surface area contributed by atoms with Gasteiger partial charge in [-0.2, -0.15) is 0 Å². The lowest BCUT2D eigenvalue weighted by atomic mass is 10.1. The van der Waals surface area contributed by atoms with Crippen molar-refractivity contribution in [2.45, 2.75) is 17.9 Å². The Balaban J connectivity index is 1.89. The molecule has 6 nitrogen and oxygen atoms in total. The third-order valence-electron chi connectivity index (χ3n) is 3.35. The zero-order chi connectivity index (χ0) is 15.7. The van der Waals surface area contributed by atoms with Crippen molar-refractivity contribution >= 4 is 31.8 Å². The van der Waals surface area contributed by atoms with Crippen LogP contribution in [-0.2, 0) is 23.0 Å². The number of hydrogen-bond acceptors (Lipinski definition) is 5.